The van der Waals surface area contributed by atoms with Crippen molar-refractivity contribution in [3.05, 3.63) is 16.1 Å². The molecule has 0 radical (unpaired) electrons. The highest BCUT2D eigenvalue weighted by Gasteiger charge is 2.20. The number of ether oxygens (including phenoxy) is 1. The number of aliphatic imine (C=N–C) groups is 1. The van der Waals surface area contributed by atoms with E-state index in [1.54, 1.807) is 11.3 Å². The van der Waals surface area contributed by atoms with E-state index >= 15 is 0 Å². The van der Waals surface area contributed by atoms with Crippen molar-refractivity contribution in [3.8, 4) is 0 Å². The van der Waals surface area contributed by atoms with Gasteiger partial charge in [-0.3, -0.25) is 9.89 Å². The maximum absolute atomic E-state index is 6.09. The molecule has 3 rings (SSSR count). The quantitative estimate of drug-likeness (QED) is 0.152. The van der Waals surface area contributed by atoms with Crippen molar-refractivity contribution in [3.63, 3.8) is 0 Å². The summed E-state index contributed by atoms with van der Waals surface area (Å²) >= 11 is 1.75. The van der Waals surface area contributed by atoms with Gasteiger partial charge in [-0.1, -0.05) is 25.7 Å². The maximum Gasteiger partial charge on any atom is 0.191 e. The van der Waals surface area contributed by atoms with Crippen LogP contribution in [0.25, 0.3) is 0 Å². The minimum absolute atomic E-state index is 0. The fourth-order valence-electron chi connectivity index (χ4n) is 4.40. The number of hydrogen-bond acceptors (Lipinski definition) is 5. The third-order valence-electron chi connectivity index (χ3n) is 6.16. The molecule has 1 aromatic heterocycles. The Balaban J connectivity index is 0.00000341. The molecule has 2 N–H and O–H groups in total. The fourth-order valence-corrected chi connectivity index (χ4v) is 5.01. The van der Waals surface area contributed by atoms with Crippen LogP contribution in [0.2, 0.25) is 0 Å². The Hall–Kier alpha value is -0.450. The number of aromatic nitrogens is 1. The highest BCUT2D eigenvalue weighted by Crippen LogP contribution is 2.21. The molecule has 31 heavy (non-hydrogen) atoms. The molecule has 1 aliphatic carbocycles. The van der Waals surface area contributed by atoms with Gasteiger partial charge in [-0.2, -0.15) is 0 Å². The van der Waals surface area contributed by atoms with Crippen LogP contribution in [0.3, 0.4) is 0 Å². The Bertz CT molecular complexity index is 625. The van der Waals surface area contributed by atoms with Crippen molar-refractivity contribution in [2.75, 3.05) is 39.3 Å². The number of piperidine rings is 1. The van der Waals surface area contributed by atoms with Crippen molar-refractivity contribution in [2.24, 2.45) is 10.9 Å². The Morgan fingerprint density at radius 2 is 1.90 bits per heavy atom. The summed E-state index contributed by atoms with van der Waals surface area (Å²) in [5.41, 5.74) is 1.22. The summed E-state index contributed by atoms with van der Waals surface area (Å²) in [6, 6.07) is 0. The molecule has 0 aromatic carbocycles. The van der Waals surface area contributed by atoms with Crippen molar-refractivity contribution in [1.82, 2.24) is 20.5 Å². The topological polar surface area (TPSA) is 61.8 Å². The van der Waals surface area contributed by atoms with Crippen molar-refractivity contribution in [1.29, 1.82) is 0 Å². The maximum atomic E-state index is 6.09. The third-order valence-corrected chi connectivity index (χ3v) is 6.98. The Kier molecular flexibility index (Phi) is 13.3. The lowest BCUT2D eigenvalue weighted by Gasteiger charge is -2.30. The van der Waals surface area contributed by atoms with Crippen LogP contribution in [-0.2, 0) is 11.3 Å². The van der Waals surface area contributed by atoms with Crippen LogP contribution in [-0.4, -0.2) is 61.3 Å². The van der Waals surface area contributed by atoms with Crippen LogP contribution >= 0.6 is 35.3 Å². The highest BCUT2D eigenvalue weighted by molar-refractivity contribution is 14.0. The molecule has 178 valence electrons. The SMILES string of the molecule is CCNC(=NCC1CCN(Cc2csc(C)n2)CC1)NCCOC1CCCCCC1.I. The number of hydrogen-bond donors (Lipinski definition) is 2. The molecule has 1 aromatic rings. The van der Waals surface area contributed by atoms with Gasteiger partial charge in [0.15, 0.2) is 5.96 Å². The van der Waals surface area contributed by atoms with Gasteiger partial charge in [0.2, 0.25) is 0 Å². The number of nitrogens with one attached hydrogen (secondary N) is 2. The molecule has 0 bridgehead atoms. The molecule has 2 heterocycles. The zero-order chi connectivity index (χ0) is 21.0. The monoisotopic (exact) mass is 563 g/mol. The molecule has 0 spiro atoms. The molecule has 8 heteroatoms. The molecular weight excluding hydrogens is 521 g/mol. The van der Waals surface area contributed by atoms with E-state index < -0.39 is 0 Å². The van der Waals surface area contributed by atoms with Crippen LogP contribution < -0.4 is 10.6 Å². The number of likely N-dealkylation sites (tertiary alicyclic amines) is 1. The van der Waals surface area contributed by atoms with E-state index in [4.69, 9.17) is 9.73 Å². The van der Waals surface area contributed by atoms with E-state index in [1.807, 2.05) is 0 Å². The van der Waals surface area contributed by atoms with Crippen LogP contribution in [0.5, 0.6) is 0 Å². The van der Waals surface area contributed by atoms with E-state index in [-0.39, 0.29) is 24.0 Å². The summed E-state index contributed by atoms with van der Waals surface area (Å²) in [6.45, 7) is 10.9. The fraction of sp³-hybridized carbons (Fsp3) is 0.826. The number of aryl methyl sites for hydroxylation is 1. The lowest BCUT2D eigenvalue weighted by atomic mass is 9.97. The van der Waals surface area contributed by atoms with E-state index in [9.17, 15) is 0 Å². The molecule has 0 amide bonds. The molecule has 1 saturated carbocycles. The van der Waals surface area contributed by atoms with Crippen molar-refractivity contribution >= 4 is 41.3 Å². The van der Waals surface area contributed by atoms with Gasteiger partial charge >= 0.3 is 0 Å². The number of nitrogens with zero attached hydrogens (tertiary/aromatic N) is 3. The number of halogens is 1. The molecule has 0 unspecified atom stereocenters. The summed E-state index contributed by atoms with van der Waals surface area (Å²) in [4.78, 5) is 12.0. The van der Waals surface area contributed by atoms with Gasteiger partial charge in [0.1, 0.15) is 0 Å². The Labute approximate surface area is 210 Å². The Morgan fingerprint density at radius 1 is 1.16 bits per heavy atom. The van der Waals surface area contributed by atoms with Gasteiger partial charge in [-0.25, -0.2) is 4.98 Å². The zero-order valence-corrected chi connectivity index (χ0v) is 22.6. The lowest BCUT2D eigenvalue weighted by Crippen LogP contribution is -2.40. The first-order valence-electron chi connectivity index (χ1n) is 12.0. The lowest BCUT2D eigenvalue weighted by molar-refractivity contribution is 0.0468. The average molecular weight is 564 g/mol. The van der Waals surface area contributed by atoms with E-state index in [0.29, 0.717) is 12.0 Å². The molecule has 1 aliphatic heterocycles. The first-order chi connectivity index (χ1) is 14.7. The predicted octanol–water partition coefficient (Wildman–Crippen LogP) is 4.58. The first-order valence-corrected chi connectivity index (χ1v) is 12.9. The predicted molar refractivity (Wildman–Crippen MR) is 142 cm³/mol. The van der Waals surface area contributed by atoms with Crippen molar-refractivity contribution in [2.45, 2.75) is 77.9 Å². The summed E-state index contributed by atoms with van der Waals surface area (Å²) in [5, 5.41) is 10.2. The second kappa shape index (κ2) is 15.4. The number of guanidine groups is 1. The van der Waals surface area contributed by atoms with Gasteiger partial charge in [0.05, 0.1) is 23.4 Å². The molecule has 6 nitrogen and oxygen atoms in total. The summed E-state index contributed by atoms with van der Waals surface area (Å²) in [7, 11) is 0. The second-order valence-electron chi connectivity index (χ2n) is 8.71. The van der Waals surface area contributed by atoms with Crippen LogP contribution in [0, 0.1) is 12.8 Å². The molecular formula is C23H42IN5OS. The van der Waals surface area contributed by atoms with Gasteiger partial charge in [-0.15, -0.1) is 35.3 Å². The third kappa shape index (κ3) is 10.4. The number of rotatable bonds is 9. The minimum atomic E-state index is 0. The second-order valence-corrected chi connectivity index (χ2v) is 9.77. The van der Waals surface area contributed by atoms with Gasteiger partial charge < -0.3 is 15.4 Å². The van der Waals surface area contributed by atoms with Crippen molar-refractivity contribution < 1.29 is 4.74 Å². The first kappa shape index (κ1) is 26.8. The summed E-state index contributed by atoms with van der Waals surface area (Å²) < 4.78 is 6.09. The smallest absolute Gasteiger partial charge is 0.191 e. The Morgan fingerprint density at radius 3 is 2.55 bits per heavy atom. The van der Waals surface area contributed by atoms with Crippen LogP contribution in [0.15, 0.2) is 10.4 Å². The highest BCUT2D eigenvalue weighted by atomic mass is 127. The van der Waals surface area contributed by atoms with E-state index in [0.717, 1.165) is 56.8 Å². The summed E-state index contributed by atoms with van der Waals surface area (Å²) in [6.07, 6.45) is 10.8. The molecule has 0 atom stereocenters. The minimum Gasteiger partial charge on any atom is -0.376 e. The summed E-state index contributed by atoms with van der Waals surface area (Å²) in [5.74, 6) is 1.61. The molecule has 2 aliphatic rings. The van der Waals surface area contributed by atoms with Gasteiger partial charge in [-0.05, 0) is 58.5 Å². The average Bonchev–Trinajstić information content (AvgIpc) is 2.99. The largest absolute Gasteiger partial charge is 0.376 e. The standard InChI is InChI=1S/C23H41N5OS.HI/c1-3-24-23(25-12-15-29-22-8-6-4-5-7-9-22)26-16-20-10-13-28(14-11-20)17-21-18-30-19(2)27-21;/h18,20,22H,3-17H2,1-2H3,(H2,24,25,26);1H. The van der Waals surface area contributed by atoms with Crippen LogP contribution in [0.1, 0.15) is 69.0 Å². The van der Waals surface area contributed by atoms with Gasteiger partial charge in [0, 0.05) is 31.6 Å². The van der Waals surface area contributed by atoms with E-state index in [1.165, 1.54) is 57.1 Å². The normalized spacial score (nSPS) is 19.6. The van der Waals surface area contributed by atoms with Crippen LogP contribution in [0.4, 0.5) is 0 Å². The molecule has 2 fully saturated rings. The zero-order valence-electron chi connectivity index (χ0n) is 19.4. The molecule has 1 saturated heterocycles. The number of thiazole rings is 1. The van der Waals surface area contributed by atoms with E-state index in [2.05, 4.69) is 39.7 Å². The van der Waals surface area contributed by atoms with Gasteiger partial charge in [0.25, 0.3) is 0 Å².